The molecule has 200 valence electrons. The lowest BCUT2D eigenvalue weighted by Crippen LogP contribution is -2.39. The smallest absolute Gasteiger partial charge is 0.228 e. The van der Waals surface area contributed by atoms with E-state index < -0.39 is 9.84 Å². The first kappa shape index (κ1) is 28.6. The molecule has 37 heavy (non-hydrogen) atoms. The van der Waals surface area contributed by atoms with Gasteiger partial charge in [0, 0.05) is 25.3 Å². The molecule has 0 atom stereocenters. The lowest BCUT2D eigenvalue weighted by molar-refractivity contribution is 0.320. The number of rotatable bonds is 12. The largest absolute Gasteiger partial charge is 0.497 e. The maximum Gasteiger partial charge on any atom is 0.228 e. The summed E-state index contributed by atoms with van der Waals surface area (Å²) in [6, 6.07) is 16.8. The van der Waals surface area contributed by atoms with E-state index in [1.165, 1.54) is 0 Å². The van der Waals surface area contributed by atoms with Crippen molar-refractivity contribution in [1.29, 1.82) is 0 Å². The number of nitrogens with one attached hydrogen (secondary N) is 1. The quantitative estimate of drug-likeness (QED) is 0.339. The normalized spacial score (nSPS) is 11.6. The fourth-order valence-electron chi connectivity index (χ4n) is 3.83. The second kappa shape index (κ2) is 13.0. The molecule has 2 aromatic carbocycles. The number of ether oxygens (including phenoxy) is 1. The zero-order valence-corrected chi connectivity index (χ0v) is 23.8. The number of thiocarbonyl (C=S) groups is 1. The monoisotopic (exact) mass is 543 g/mol. The molecule has 0 saturated heterocycles. The third-order valence-electron chi connectivity index (χ3n) is 5.73. The van der Waals surface area contributed by atoms with E-state index in [1.807, 2.05) is 78.2 Å². The summed E-state index contributed by atoms with van der Waals surface area (Å²) in [5, 5.41) is 3.96. The van der Waals surface area contributed by atoms with Crippen LogP contribution in [-0.2, 0) is 28.7 Å². The molecule has 0 aliphatic heterocycles. The van der Waals surface area contributed by atoms with E-state index in [0.29, 0.717) is 24.7 Å². The molecule has 8 nitrogen and oxygen atoms in total. The van der Waals surface area contributed by atoms with Gasteiger partial charge in [0.25, 0.3) is 0 Å². The summed E-state index contributed by atoms with van der Waals surface area (Å²) in [7, 11) is 2.01. The molecule has 0 spiro atoms. The molecule has 1 aromatic heterocycles. The maximum absolute atomic E-state index is 13.4. The molecule has 3 aromatic rings. The minimum Gasteiger partial charge on any atom is -0.497 e. The van der Waals surface area contributed by atoms with Crippen molar-refractivity contribution in [3.05, 3.63) is 72.1 Å². The number of methoxy groups -OCH3 is 1. The Morgan fingerprint density at radius 3 is 2.35 bits per heavy atom. The van der Waals surface area contributed by atoms with Crippen molar-refractivity contribution in [3.8, 4) is 5.75 Å². The summed E-state index contributed by atoms with van der Waals surface area (Å²) in [6.07, 6.45) is 1.67. The number of aromatic nitrogens is 2. The zero-order chi connectivity index (χ0) is 27.0. The van der Waals surface area contributed by atoms with Crippen LogP contribution in [0.15, 0.2) is 66.0 Å². The van der Waals surface area contributed by atoms with Crippen LogP contribution in [0.4, 0.5) is 5.69 Å². The Labute approximate surface area is 226 Å². The molecule has 0 aliphatic carbocycles. The second-order valence-corrected chi connectivity index (χ2v) is 11.9. The molecular weight excluding hydrogens is 506 g/mol. The molecule has 1 heterocycles. The average molecular weight is 544 g/mol. The van der Waals surface area contributed by atoms with E-state index in [-0.39, 0.29) is 16.8 Å². The third-order valence-corrected chi connectivity index (χ3v) is 7.68. The first-order valence-corrected chi connectivity index (χ1v) is 14.3. The topological polar surface area (TPSA) is 79.7 Å². The fraction of sp³-hybridized carbons (Fsp3) is 0.407. The average Bonchev–Trinajstić information content (AvgIpc) is 3.24. The summed E-state index contributed by atoms with van der Waals surface area (Å²) < 4.78 is 33.9. The van der Waals surface area contributed by atoms with Crippen LogP contribution in [0.25, 0.3) is 0 Å². The van der Waals surface area contributed by atoms with Crippen LogP contribution in [0.1, 0.15) is 25.1 Å². The van der Waals surface area contributed by atoms with E-state index in [1.54, 1.807) is 13.3 Å². The van der Waals surface area contributed by atoms with Crippen LogP contribution >= 0.6 is 12.2 Å². The number of benzene rings is 2. The van der Waals surface area contributed by atoms with Crippen LogP contribution in [0.2, 0.25) is 0 Å². The number of imidazole rings is 1. The highest BCUT2D eigenvalue weighted by molar-refractivity contribution is 7.90. The van der Waals surface area contributed by atoms with Crippen molar-refractivity contribution in [2.24, 2.45) is 5.92 Å². The van der Waals surface area contributed by atoms with Crippen molar-refractivity contribution < 1.29 is 13.2 Å². The third kappa shape index (κ3) is 8.28. The Balaban J connectivity index is 1.88. The van der Waals surface area contributed by atoms with Gasteiger partial charge < -0.3 is 24.4 Å². The Morgan fingerprint density at radius 2 is 1.76 bits per heavy atom. The van der Waals surface area contributed by atoms with Gasteiger partial charge in [-0.1, -0.05) is 44.2 Å². The number of anilines is 1. The molecular formula is C27H37N5O3S2. The highest BCUT2D eigenvalue weighted by atomic mass is 32.2. The molecule has 1 N–H and O–H groups in total. The number of nitrogens with zero attached hydrogens (tertiary/aromatic N) is 4. The van der Waals surface area contributed by atoms with Gasteiger partial charge in [-0.2, -0.15) is 0 Å². The van der Waals surface area contributed by atoms with Gasteiger partial charge >= 0.3 is 0 Å². The van der Waals surface area contributed by atoms with Gasteiger partial charge in [0.15, 0.2) is 5.11 Å². The van der Waals surface area contributed by atoms with Crippen molar-refractivity contribution in [2.75, 3.05) is 39.6 Å². The van der Waals surface area contributed by atoms with Gasteiger partial charge in [0.2, 0.25) is 15.0 Å². The van der Waals surface area contributed by atoms with Crippen LogP contribution in [-0.4, -0.2) is 67.2 Å². The Kier molecular flexibility index (Phi) is 10.1. The first-order chi connectivity index (χ1) is 17.6. The Hall–Kier alpha value is -2.95. The lowest BCUT2D eigenvalue weighted by Gasteiger charge is -2.28. The van der Waals surface area contributed by atoms with Crippen molar-refractivity contribution in [2.45, 2.75) is 37.8 Å². The van der Waals surface area contributed by atoms with Gasteiger partial charge in [0.05, 0.1) is 31.3 Å². The minimum absolute atomic E-state index is 0.0931. The summed E-state index contributed by atoms with van der Waals surface area (Å²) in [5.74, 6) is 0.908. The molecule has 0 aliphatic rings. The maximum atomic E-state index is 13.4. The number of sulfone groups is 1. The molecule has 0 amide bonds. The number of likely N-dealkylation sites (N-methyl/N-ethyl adjacent to an activating group) is 1. The van der Waals surface area contributed by atoms with E-state index in [4.69, 9.17) is 17.0 Å². The van der Waals surface area contributed by atoms with Gasteiger partial charge in [0.1, 0.15) is 5.75 Å². The van der Waals surface area contributed by atoms with Crippen LogP contribution in [0, 0.1) is 5.92 Å². The standard InChI is InChI=1S/C27H37N5O3S2/c1-21(2)18-32-24(17-28-27(32)37(33,34)20-22-9-7-6-8-10-22)19-31(16-15-30(3)4)26(36)29-23-11-13-25(35-5)14-12-23/h6-14,17,21H,15-16,18-20H2,1-5H3,(H,29,36). The molecule has 0 unspecified atom stereocenters. The summed E-state index contributed by atoms with van der Waals surface area (Å²) in [6.45, 7) is 6.54. The zero-order valence-electron chi connectivity index (χ0n) is 22.2. The summed E-state index contributed by atoms with van der Waals surface area (Å²) in [5.41, 5.74) is 2.39. The predicted molar refractivity (Wildman–Crippen MR) is 153 cm³/mol. The predicted octanol–water partition coefficient (Wildman–Crippen LogP) is 4.28. The first-order valence-electron chi connectivity index (χ1n) is 12.2. The van der Waals surface area contributed by atoms with E-state index in [9.17, 15) is 8.42 Å². The summed E-state index contributed by atoms with van der Waals surface area (Å²) in [4.78, 5) is 8.54. The number of hydrogen-bond acceptors (Lipinski definition) is 6. The molecule has 10 heteroatoms. The number of hydrogen-bond donors (Lipinski definition) is 1. The molecule has 0 saturated carbocycles. The van der Waals surface area contributed by atoms with Gasteiger partial charge in [-0.25, -0.2) is 13.4 Å². The van der Waals surface area contributed by atoms with Gasteiger partial charge in [-0.05, 0) is 62.1 Å². The fourth-order valence-corrected chi connectivity index (χ4v) is 5.61. The van der Waals surface area contributed by atoms with Crippen molar-refractivity contribution >= 4 is 32.9 Å². The SMILES string of the molecule is COc1ccc(NC(=S)N(CCN(C)C)Cc2cnc(S(=O)(=O)Cc3ccccc3)n2CC(C)C)cc1. The van der Waals surface area contributed by atoms with Crippen LogP contribution in [0.3, 0.4) is 0 Å². The van der Waals surface area contributed by atoms with Crippen molar-refractivity contribution in [1.82, 2.24) is 19.4 Å². The van der Waals surface area contributed by atoms with Crippen LogP contribution < -0.4 is 10.1 Å². The Morgan fingerprint density at radius 1 is 1.08 bits per heavy atom. The molecule has 3 rings (SSSR count). The molecule has 0 radical (unpaired) electrons. The summed E-state index contributed by atoms with van der Waals surface area (Å²) >= 11 is 5.79. The van der Waals surface area contributed by atoms with Gasteiger partial charge in [-0.15, -0.1) is 0 Å². The van der Waals surface area contributed by atoms with Crippen LogP contribution in [0.5, 0.6) is 5.75 Å². The van der Waals surface area contributed by atoms with E-state index in [2.05, 4.69) is 29.0 Å². The van der Waals surface area contributed by atoms with Gasteiger partial charge in [-0.3, -0.25) is 0 Å². The minimum atomic E-state index is -3.64. The van der Waals surface area contributed by atoms with Crippen molar-refractivity contribution in [3.63, 3.8) is 0 Å². The molecule has 0 fully saturated rings. The lowest BCUT2D eigenvalue weighted by atomic mass is 10.2. The second-order valence-electron chi connectivity index (χ2n) is 9.66. The van der Waals surface area contributed by atoms with E-state index >= 15 is 0 Å². The molecule has 0 bridgehead atoms. The highest BCUT2D eigenvalue weighted by Crippen LogP contribution is 2.21. The Bertz CT molecular complexity index is 1260. The highest BCUT2D eigenvalue weighted by Gasteiger charge is 2.25. The van der Waals surface area contributed by atoms with E-state index in [0.717, 1.165) is 29.2 Å².